The Kier molecular flexibility index (Phi) is 4.93. The molecule has 0 bridgehead atoms. The van der Waals surface area contributed by atoms with Crippen molar-refractivity contribution in [2.75, 3.05) is 39.3 Å². The van der Waals surface area contributed by atoms with Crippen LogP contribution in [0.15, 0.2) is 18.2 Å². The Morgan fingerprint density at radius 1 is 0.857 bits per heavy atom. The average molecular weight is 383 g/mol. The SMILES string of the molecule is COc1cc(-c2nc3nc(C)cc(N4CCCCC4)n3n2)cc(OC)c1OC. The molecular formula is C20H25N5O3. The van der Waals surface area contributed by atoms with Gasteiger partial charge in [-0.1, -0.05) is 0 Å². The smallest absolute Gasteiger partial charge is 0.254 e. The Balaban J connectivity index is 1.84. The summed E-state index contributed by atoms with van der Waals surface area (Å²) in [6.45, 7) is 4.04. The summed E-state index contributed by atoms with van der Waals surface area (Å²) in [5, 5.41) is 4.75. The predicted octanol–water partition coefficient (Wildman–Crippen LogP) is 3.12. The molecule has 0 amide bonds. The van der Waals surface area contributed by atoms with Crippen molar-refractivity contribution in [3.8, 4) is 28.6 Å². The molecule has 1 aromatic carbocycles. The van der Waals surface area contributed by atoms with Crippen molar-refractivity contribution >= 4 is 11.6 Å². The van der Waals surface area contributed by atoms with Crippen LogP contribution >= 0.6 is 0 Å². The maximum atomic E-state index is 5.46. The molecule has 0 radical (unpaired) electrons. The van der Waals surface area contributed by atoms with Gasteiger partial charge in [0.05, 0.1) is 21.3 Å². The molecule has 2 aromatic heterocycles. The number of nitrogens with zero attached hydrogens (tertiary/aromatic N) is 5. The van der Waals surface area contributed by atoms with Crippen LogP contribution in [0.3, 0.4) is 0 Å². The van der Waals surface area contributed by atoms with Gasteiger partial charge in [0, 0.05) is 30.4 Å². The van der Waals surface area contributed by atoms with Gasteiger partial charge < -0.3 is 19.1 Å². The zero-order chi connectivity index (χ0) is 19.7. The van der Waals surface area contributed by atoms with Gasteiger partial charge >= 0.3 is 0 Å². The van der Waals surface area contributed by atoms with E-state index in [-0.39, 0.29) is 0 Å². The summed E-state index contributed by atoms with van der Waals surface area (Å²) < 4.78 is 18.2. The quantitative estimate of drug-likeness (QED) is 0.670. The van der Waals surface area contributed by atoms with Crippen molar-refractivity contribution in [1.82, 2.24) is 19.6 Å². The van der Waals surface area contributed by atoms with Gasteiger partial charge in [-0.15, -0.1) is 5.10 Å². The summed E-state index contributed by atoms with van der Waals surface area (Å²) in [4.78, 5) is 11.6. The molecule has 3 heterocycles. The van der Waals surface area contributed by atoms with E-state index in [0.717, 1.165) is 30.2 Å². The number of methoxy groups -OCH3 is 3. The number of hydrogen-bond donors (Lipinski definition) is 0. The molecule has 0 unspecified atom stereocenters. The largest absolute Gasteiger partial charge is 0.493 e. The normalized spacial score (nSPS) is 14.4. The molecular weight excluding hydrogens is 358 g/mol. The number of piperidine rings is 1. The fourth-order valence-electron chi connectivity index (χ4n) is 3.65. The molecule has 0 saturated carbocycles. The van der Waals surface area contributed by atoms with Gasteiger partial charge in [0.1, 0.15) is 5.82 Å². The fraction of sp³-hybridized carbons (Fsp3) is 0.450. The lowest BCUT2D eigenvalue weighted by atomic mass is 10.1. The van der Waals surface area contributed by atoms with E-state index in [9.17, 15) is 0 Å². The highest BCUT2D eigenvalue weighted by atomic mass is 16.5. The highest BCUT2D eigenvalue weighted by Crippen LogP contribution is 2.40. The topological polar surface area (TPSA) is 74.0 Å². The number of benzene rings is 1. The Morgan fingerprint density at radius 2 is 1.54 bits per heavy atom. The zero-order valence-corrected chi connectivity index (χ0v) is 16.7. The van der Waals surface area contributed by atoms with Crippen molar-refractivity contribution in [2.24, 2.45) is 0 Å². The van der Waals surface area contributed by atoms with E-state index in [2.05, 4.69) is 20.9 Å². The molecule has 0 aliphatic carbocycles. The molecule has 28 heavy (non-hydrogen) atoms. The van der Waals surface area contributed by atoms with Crippen molar-refractivity contribution < 1.29 is 14.2 Å². The van der Waals surface area contributed by atoms with Gasteiger partial charge in [-0.25, -0.2) is 4.98 Å². The molecule has 8 heteroatoms. The number of aromatic nitrogens is 4. The molecule has 4 rings (SSSR count). The number of ether oxygens (including phenoxy) is 3. The van der Waals surface area contributed by atoms with E-state index >= 15 is 0 Å². The molecule has 148 valence electrons. The lowest BCUT2D eigenvalue weighted by Crippen LogP contribution is -2.31. The molecule has 0 N–H and O–H groups in total. The first-order chi connectivity index (χ1) is 13.6. The highest BCUT2D eigenvalue weighted by molar-refractivity contribution is 5.68. The summed E-state index contributed by atoms with van der Waals surface area (Å²) in [5.74, 6) is 3.86. The minimum atomic E-state index is 0.542. The molecule has 1 fully saturated rings. The van der Waals surface area contributed by atoms with Crippen LogP contribution in [0.2, 0.25) is 0 Å². The van der Waals surface area contributed by atoms with Crippen LogP contribution in [0.5, 0.6) is 17.2 Å². The van der Waals surface area contributed by atoms with Crippen molar-refractivity contribution in [3.63, 3.8) is 0 Å². The third-order valence-electron chi connectivity index (χ3n) is 5.02. The van der Waals surface area contributed by atoms with Gasteiger partial charge in [0.25, 0.3) is 5.78 Å². The van der Waals surface area contributed by atoms with E-state index in [1.807, 2.05) is 23.6 Å². The molecule has 1 aliphatic heterocycles. The Labute approximate surface area is 164 Å². The second-order valence-corrected chi connectivity index (χ2v) is 6.86. The standard InChI is InChI=1S/C20H25N5O3/c1-13-10-17(24-8-6-5-7-9-24)25-20(21-13)22-19(23-25)14-11-15(26-2)18(28-4)16(12-14)27-3/h10-12H,5-9H2,1-4H3. The zero-order valence-electron chi connectivity index (χ0n) is 16.7. The third-order valence-corrected chi connectivity index (χ3v) is 5.02. The van der Waals surface area contributed by atoms with Crippen LogP contribution in [0, 0.1) is 6.92 Å². The van der Waals surface area contributed by atoms with Gasteiger partial charge in [-0.3, -0.25) is 0 Å². The van der Waals surface area contributed by atoms with Gasteiger partial charge in [0.2, 0.25) is 5.75 Å². The Morgan fingerprint density at radius 3 is 2.14 bits per heavy atom. The Hall–Kier alpha value is -3.03. The van der Waals surface area contributed by atoms with Crippen LogP contribution in [0.1, 0.15) is 25.0 Å². The first-order valence-electron chi connectivity index (χ1n) is 9.44. The summed E-state index contributed by atoms with van der Waals surface area (Å²) >= 11 is 0. The van der Waals surface area contributed by atoms with Crippen LogP contribution in [-0.2, 0) is 0 Å². The van der Waals surface area contributed by atoms with E-state index in [1.54, 1.807) is 21.3 Å². The number of hydrogen-bond acceptors (Lipinski definition) is 7. The summed E-state index contributed by atoms with van der Waals surface area (Å²) in [5.41, 5.74) is 1.71. The van der Waals surface area contributed by atoms with E-state index in [0.29, 0.717) is 28.9 Å². The Bertz CT molecular complexity index is 970. The molecule has 0 atom stereocenters. The van der Waals surface area contributed by atoms with Crippen LogP contribution in [0.25, 0.3) is 17.2 Å². The van der Waals surface area contributed by atoms with Crippen molar-refractivity contribution in [3.05, 3.63) is 23.9 Å². The second-order valence-electron chi connectivity index (χ2n) is 6.86. The summed E-state index contributed by atoms with van der Waals surface area (Å²) in [6, 6.07) is 5.78. The monoisotopic (exact) mass is 383 g/mol. The van der Waals surface area contributed by atoms with Crippen molar-refractivity contribution in [1.29, 1.82) is 0 Å². The maximum Gasteiger partial charge on any atom is 0.254 e. The highest BCUT2D eigenvalue weighted by Gasteiger charge is 2.20. The minimum Gasteiger partial charge on any atom is -0.493 e. The minimum absolute atomic E-state index is 0.542. The number of aryl methyl sites for hydroxylation is 1. The fourth-order valence-corrected chi connectivity index (χ4v) is 3.65. The van der Waals surface area contributed by atoms with Crippen LogP contribution in [-0.4, -0.2) is 54.0 Å². The van der Waals surface area contributed by atoms with Gasteiger partial charge in [-0.2, -0.15) is 9.50 Å². The molecule has 8 nitrogen and oxygen atoms in total. The average Bonchev–Trinajstić information content (AvgIpc) is 3.16. The van der Waals surface area contributed by atoms with Crippen molar-refractivity contribution in [2.45, 2.75) is 26.2 Å². The molecule has 1 aliphatic rings. The van der Waals surface area contributed by atoms with Gasteiger partial charge in [0.15, 0.2) is 17.3 Å². The molecule has 3 aromatic rings. The first-order valence-corrected chi connectivity index (χ1v) is 9.44. The lowest BCUT2D eigenvalue weighted by molar-refractivity contribution is 0.324. The third kappa shape index (κ3) is 3.19. The summed E-state index contributed by atoms with van der Waals surface area (Å²) in [6.07, 6.45) is 3.66. The predicted molar refractivity (Wildman–Crippen MR) is 107 cm³/mol. The lowest BCUT2D eigenvalue weighted by Gasteiger charge is -2.28. The number of fused-ring (bicyclic) bond motifs is 1. The molecule has 1 saturated heterocycles. The van der Waals surface area contributed by atoms with E-state index < -0.39 is 0 Å². The number of anilines is 1. The molecule has 0 spiro atoms. The van der Waals surface area contributed by atoms with E-state index in [4.69, 9.17) is 19.3 Å². The van der Waals surface area contributed by atoms with Gasteiger partial charge in [-0.05, 0) is 38.3 Å². The second kappa shape index (κ2) is 7.53. The van der Waals surface area contributed by atoms with E-state index in [1.165, 1.54) is 19.3 Å². The number of rotatable bonds is 5. The van der Waals surface area contributed by atoms with Crippen LogP contribution < -0.4 is 19.1 Å². The summed E-state index contributed by atoms with van der Waals surface area (Å²) in [7, 11) is 4.77. The maximum absolute atomic E-state index is 5.46. The first kappa shape index (κ1) is 18.3. The van der Waals surface area contributed by atoms with Crippen LogP contribution in [0.4, 0.5) is 5.82 Å².